The molecule has 4 heteroatoms. The number of imidazole rings is 1. The van der Waals surface area contributed by atoms with Crippen molar-refractivity contribution < 1.29 is 4.74 Å². The van der Waals surface area contributed by atoms with E-state index in [9.17, 15) is 0 Å². The first-order chi connectivity index (χ1) is 9.81. The lowest BCUT2D eigenvalue weighted by Crippen LogP contribution is -2.12. The largest absolute Gasteiger partial charge is 0.492 e. The number of aryl methyl sites for hydroxylation is 1. The van der Waals surface area contributed by atoms with Gasteiger partial charge in [-0.05, 0) is 36.8 Å². The average molecular weight is 267 g/mol. The highest BCUT2D eigenvalue weighted by Crippen LogP contribution is 2.14. The minimum atomic E-state index is 0.598. The molecule has 0 amide bonds. The molecule has 2 N–H and O–H groups in total. The second-order valence-electron chi connectivity index (χ2n) is 4.69. The summed E-state index contributed by atoms with van der Waals surface area (Å²) in [6, 6.07) is 16.0. The van der Waals surface area contributed by atoms with Crippen LogP contribution in [-0.4, -0.2) is 23.1 Å². The van der Waals surface area contributed by atoms with Crippen LogP contribution in [0.1, 0.15) is 5.56 Å². The molecule has 3 aromatic rings. The number of para-hydroxylation sites is 2. The molecule has 0 atom stereocenters. The number of nitrogens with one attached hydrogen (secondary N) is 2. The molecule has 102 valence electrons. The Morgan fingerprint density at radius 2 is 2.05 bits per heavy atom. The van der Waals surface area contributed by atoms with Crippen molar-refractivity contribution in [2.45, 2.75) is 6.92 Å². The predicted molar refractivity (Wildman–Crippen MR) is 81.3 cm³/mol. The maximum Gasteiger partial charge on any atom is 0.201 e. The quantitative estimate of drug-likeness (QED) is 0.697. The number of anilines is 1. The Kier molecular flexibility index (Phi) is 3.54. The first kappa shape index (κ1) is 12.5. The molecule has 0 saturated heterocycles. The summed E-state index contributed by atoms with van der Waals surface area (Å²) in [5.41, 5.74) is 3.21. The molecule has 1 aromatic heterocycles. The lowest BCUT2D eigenvalue weighted by molar-refractivity contribution is 0.332. The van der Waals surface area contributed by atoms with Crippen LogP contribution in [0.2, 0.25) is 0 Å². The Labute approximate surface area is 117 Å². The van der Waals surface area contributed by atoms with Crippen molar-refractivity contribution in [3.8, 4) is 5.75 Å². The van der Waals surface area contributed by atoms with E-state index in [1.54, 1.807) is 0 Å². The number of ether oxygens (including phenoxy) is 1. The number of rotatable bonds is 5. The van der Waals surface area contributed by atoms with Crippen LogP contribution in [0.25, 0.3) is 11.0 Å². The minimum absolute atomic E-state index is 0.598. The van der Waals surface area contributed by atoms with E-state index in [4.69, 9.17) is 4.74 Å². The highest BCUT2D eigenvalue weighted by molar-refractivity contribution is 5.77. The number of H-pyrrole nitrogens is 1. The van der Waals surface area contributed by atoms with Gasteiger partial charge in [0.1, 0.15) is 12.4 Å². The van der Waals surface area contributed by atoms with Gasteiger partial charge in [-0.3, -0.25) is 0 Å². The van der Waals surface area contributed by atoms with Crippen LogP contribution in [0.5, 0.6) is 5.75 Å². The fourth-order valence-electron chi connectivity index (χ4n) is 2.08. The first-order valence-electron chi connectivity index (χ1n) is 6.69. The van der Waals surface area contributed by atoms with Crippen molar-refractivity contribution in [1.29, 1.82) is 0 Å². The number of aromatic nitrogens is 2. The van der Waals surface area contributed by atoms with Crippen LogP contribution in [0, 0.1) is 6.92 Å². The van der Waals surface area contributed by atoms with Gasteiger partial charge < -0.3 is 15.0 Å². The molecule has 0 aliphatic heterocycles. The molecule has 4 nitrogen and oxygen atoms in total. The third-order valence-electron chi connectivity index (χ3n) is 3.04. The molecule has 0 unspecified atom stereocenters. The van der Waals surface area contributed by atoms with E-state index < -0.39 is 0 Å². The second-order valence-corrected chi connectivity index (χ2v) is 4.69. The van der Waals surface area contributed by atoms with Crippen LogP contribution in [0.15, 0.2) is 48.5 Å². The summed E-state index contributed by atoms with van der Waals surface area (Å²) < 4.78 is 5.68. The lowest BCUT2D eigenvalue weighted by Gasteiger charge is -2.07. The SMILES string of the molecule is Cc1cccc(OCCNc2nc3ccccc3[nH]2)c1. The van der Waals surface area contributed by atoms with Crippen LogP contribution >= 0.6 is 0 Å². The molecular weight excluding hydrogens is 250 g/mol. The van der Waals surface area contributed by atoms with E-state index in [2.05, 4.69) is 28.3 Å². The summed E-state index contributed by atoms with van der Waals surface area (Å²) >= 11 is 0. The van der Waals surface area contributed by atoms with Crippen molar-refractivity contribution in [2.24, 2.45) is 0 Å². The minimum Gasteiger partial charge on any atom is -0.492 e. The molecule has 0 aliphatic carbocycles. The summed E-state index contributed by atoms with van der Waals surface area (Å²) in [6.07, 6.45) is 0. The van der Waals surface area contributed by atoms with Crippen molar-refractivity contribution >= 4 is 17.0 Å². The van der Waals surface area contributed by atoms with E-state index in [1.165, 1.54) is 5.56 Å². The van der Waals surface area contributed by atoms with Gasteiger partial charge in [0.15, 0.2) is 0 Å². The van der Waals surface area contributed by atoms with Gasteiger partial charge in [-0.2, -0.15) is 0 Å². The van der Waals surface area contributed by atoms with E-state index in [0.717, 1.165) is 22.7 Å². The van der Waals surface area contributed by atoms with Crippen LogP contribution in [-0.2, 0) is 0 Å². The zero-order valence-corrected chi connectivity index (χ0v) is 11.4. The highest BCUT2D eigenvalue weighted by Gasteiger charge is 2.00. The van der Waals surface area contributed by atoms with E-state index >= 15 is 0 Å². The number of nitrogens with zero attached hydrogens (tertiary/aromatic N) is 1. The molecule has 0 saturated carbocycles. The van der Waals surface area contributed by atoms with Crippen molar-refractivity contribution in [2.75, 3.05) is 18.5 Å². The molecule has 0 radical (unpaired) electrons. The highest BCUT2D eigenvalue weighted by atomic mass is 16.5. The average Bonchev–Trinajstić information content (AvgIpc) is 2.86. The van der Waals surface area contributed by atoms with E-state index in [-0.39, 0.29) is 0 Å². The third-order valence-corrected chi connectivity index (χ3v) is 3.04. The summed E-state index contributed by atoms with van der Waals surface area (Å²) in [5.74, 6) is 1.68. The van der Waals surface area contributed by atoms with Gasteiger partial charge in [-0.1, -0.05) is 24.3 Å². The third kappa shape index (κ3) is 2.91. The van der Waals surface area contributed by atoms with Crippen molar-refractivity contribution in [1.82, 2.24) is 9.97 Å². The molecule has 0 bridgehead atoms. The fourth-order valence-corrected chi connectivity index (χ4v) is 2.08. The van der Waals surface area contributed by atoms with Gasteiger partial charge in [0.2, 0.25) is 5.95 Å². The zero-order chi connectivity index (χ0) is 13.8. The monoisotopic (exact) mass is 267 g/mol. The van der Waals surface area contributed by atoms with Gasteiger partial charge in [-0.25, -0.2) is 4.98 Å². The molecule has 20 heavy (non-hydrogen) atoms. The van der Waals surface area contributed by atoms with Gasteiger partial charge in [0, 0.05) is 0 Å². The molecule has 0 spiro atoms. The maximum atomic E-state index is 5.68. The van der Waals surface area contributed by atoms with Crippen LogP contribution < -0.4 is 10.1 Å². The molecule has 0 fully saturated rings. The summed E-state index contributed by atoms with van der Waals surface area (Å²) in [6.45, 7) is 3.35. The summed E-state index contributed by atoms with van der Waals surface area (Å²) in [5, 5.41) is 3.23. The predicted octanol–water partition coefficient (Wildman–Crippen LogP) is 3.36. The summed E-state index contributed by atoms with van der Waals surface area (Å²) in [7, 11) is 0. The van der Waals surface area contributed by atoms with Gasteiger partial charge in [-0.15, -0.1) is 0 Å². The van der Waals surface area contributed by atoms with Gasteiger partial charge in [0.05, 0.1) is 17.6 Å². The number of hydrogen-bond acceptors (Lipinski definition) is 3. The van der Waals surface area contributed by atoms with Crippen molar-refractivity contribution in [3.63, 3.8) is 0 Å². The first-order valence-corrected chi connectivity index (χ1v) is 6.69. The Balaban J connectivity index is 1.52. The zero-order valence-electron chi connectivity index (χ0n) is 11.4. The Morgan fingerprint density at radius 3 is 2.90 bits per heavy atom. The number of fused-ring (bicyclic) bond motifs is 1. The van der Waals surface area contributed by atoms with Crippen molar-refractivity contribution in [3.05, 3.63) is 54.1 Å². The Hall–Kier alpha value is -2.49. The van der Waals surface area contributed by atoms with Gasteiger partial charge >= 0.3 is 0 Å². The topological polar surface area (TPSA) is 49.9 Å². The second kappa shape index (κ2) is 5.65. The molecule has 2 aromatic carbocycles. The number of hydrogen-bond donors (Lipinski definition) is 2. The molecule has 0 aliphatic rings. The summed E-state index contributed by atoms with van der Waals surface area (Å²) in [4.78, 5) is 7.67. The Morgan fingerprint density at radius 1 is 1.15 bits per heavy atom. The lowest BCUT2D eigenvalue weighted by atomic mass is 10.2. The number of benzene rings is 2. The molecule has 1 heterocycles. The smallest absolute Gasteiger partial charge is 0.201 e. The molecule has 3 rings (SSSR count). The Bertz CT molecular complexity index is 673. The van der Waals surface area contributed by atoms with E-state index in [1.807, 2.05) is 42.5 Å². The van der Waals surface area contributed by atoms with E-state index in [0.29, 0.717) is 13.2 Å². The maximum absolute atomic E-state index is 5.68. The van der Waals surface area contributed by atoms with Crippen LogP contribution in [0.4, 0.5) is 5.95 Å². The number of aromatic amines is 1. The standard InChI is InChI=1S/C16H17N3O/c1-12-5-4-6-13(11-12)20-10-9-17-16-18-14-7-2-3-8-15(14)19-16/h2-8,11H,9-10H2,1H3,(H2,17,18,19). The fraction of sp³-hybridized carbons (Fsp3) is 0.188. The molecular formula is C16H17N3O. The normalized spacial score (nSPS) is 10.7. The van der Waals surface area contributed by atoms with Crippen LogP contribution in [0.3, 0.4) is 0 Å². The van der Waals surface area contributed by atoms with Gasteiger partial charge in [0.25, 0.3) is 0 Å².